The molecule has 4 aromatic rings. The number of carbonyl (C=O) groups is 1. The van der Waals surface area contributed by atoms with Gasteiger partial charge in [-0.15, -0.1) is 0 Å². The first-order valence-corrected chi connectivity index (χ1v) is 11.2. The van der Waals surface area contributed by atoms with Crippen LogP contribution in [-0.2, 0) is 11.2 Å². The van der Waals surface area contributed by atoms with Crippen LogP contribution in [0.5, 0.6) is 0 Å². The predicted octanol–water partition coefficient (Wildman–Crippen LogP) is 3.90. The Morgan fingerprint density at radius 1 is 1.06 bits per heavy atom. The summed E-state index contributed by atoms with van der Waals surface area (Å²) in [5.41, 5.74) is 4.70. The highest BCUT2D eigenvalue weighted by atomic mass is 16.5. The van der Waals surface area contributed by atoms with Crippen LogP contribution in [0.1, 0.15) is 27.3 Å². The number of amides is 1. The van der Waals surface area contributed by atoms with Gasteiger partial charge in [-0.2, -0.15) is 9.78 Å². The molecule has 180 valence electrons. The highest BCUT2D eigenvalue weighted by molar-refractivity contribution is 6.04. The zero-order valence-corrected chi connectivity index (χ0v) is 20.2. The van der Waals surface area contributed by atoms with Crippen LogP contribution in [0, 0.1) is 13.8 Å². The molecular formula is C25H28N8O2. The van der Waals surface area contributed by atoms with Crippen molar-refractivity contribution in [3.8, 4) is 5.82 Å². The molecule has 10 heteroatoms. The molecule has 0 spiro atoms. The lowest BCUT2D eigenvalue weighted by Crippen LogP contribution is -2.13. The normalized spacial score (nSPS) is 10.7. The van der Waals surface area contributed by atoms with E-state index in [2.05, 4.69) is 36.0 Å². The zero-order chi connectivity index (χ0) is 24.8. The molecule has 0 saturated heterocycles. The van der Waals surface area contributed by atoms with Crippen molar-refractivity contribution in [2.45, 2.75) is 20.3 Å². The Balaban J connectivity index is 1.56. The van der Waals surface area contributed by atoms with Crippen molar-refractivity contribution >= 4 is 28.9 Å². The minimum absolute atomic E-state index is 0.206. The summed E-state index contributed by atoms with van der Waals surface area (Å²) in [5, 5.41) is 14.0. The number of methoxy groups -OCH3 is 1. The van der Waals surface area contributed by atoms with Gasteiger partial charge in [0.2, 0.25) is 0 Å². The van der Waals surface area contributed by atoms with Crippen LogP contribution in [0.4, 0.5) is 23.0 Å². The predicted molar refractivity (Wildman–Crippen MR) is 136 cm³/mol. The molecule has 0 fully saturated rings. The summed E-state index contributed by atoms with van der Waals surface area (Å²) < 4.78 is 6.82. The van der Waals surface area contributed by atoms with Crippen LogP contribution in [0.15, 0.2) is 55.0 Å². The molecule has 3 aromatic heterocycles. The van der Waals surface area contributed by atoms with Crippen molar-refractivity contribution < 1.29 is 9.53 Å². The lowest BCUT2D eigenvalue weighted by Gasteiger charge is -2.14. The molecule has 3 heterocycles. The molecule has 0 saturated carbocycles. The highest BCUT2D eigenvalue weighted by Crippen LogP contribution is 2.27. The van der Waals surface area contributed by atoms with E-state index in [1.807, 2.05) is 44.2 Å². The Morgan fingerprint density at radius 2 is 1.91 bits per heavy atom. The van der Waals surface area contributed by atoms with E-state index in [1.165, 1.54) is 6.33 Å². The molecule has 1 amide bonds. The van der Waals surface area contributed by atoms with Gasteiger partial charge in [0.15, 0.2) is 5.82 Å². The molecule has 3 N–H and O–H groups in total. The smallest absolute Gasteiger partial charge is 0.255 e. The third-order valence-electron chi connectivity index (χ3n) is 5.36. The molecule has 1 aromatic carbocycles. The quantitative estimate of drug-likeness (QED) is 0.336. The number of aromatic nitrogens is 5. The standard InChI is InChI=1S/C25H28N8O2/c1-16-5-6-20(30-25(34)18-7-9-27-19(12-18)8-10-35-4)13-21(16)31-24-11-17(2)32-33(24)23-14-22(26-3)28-15-29-23/h5-7,9,11-15,31H,8,10H2,1-4H3,(H,30,34)(H,26,28,29). The van der Waals surface area contributed by atoms with E-state index in [0.29, 0.717) is 35.9 Å². The number of nitrogens with zero attached hydrogens (tertiary/aromatic N) is 5. The molecular weight excluding hydrogens is 444 g/mol. The van der Waals surface area contributed by atoms with E-state index in [9.17, 15) is 4.79 Å². The van der Waals surface area contributed by atoms with E-state index in [4.69, 9.17) is 4.74 Å². The van der Waals surface area contributed by atoms with Crippen LogP contribution in [0.2, 0.25) is 0 Å². The summed E-state index contributed by atoms with van der Waals surface area (Å²) in [4.78, 5) is 25.7. The van der Waals surface area contributed by atoms with Gasteiger partial charge in [0.25, 0.3) is 5.91 Å². The second kappa shape index (κ2) is 10.7. The zero-order valence-electron chi connectivity index (χ0n) is 20.2. The fourth-order valence-corrected chi connectivity index (χ4v) is 3.50. The van der Waals surface area contributed by atoms with E-state index >= 15 is 0 Å². The summed E-state index contributed by atoms with van der Waals surface area (Å²) in [5.74, 6) is 1.86. The molecule has 0 atom stereocenters. The summed E-state index contributed by atoms with van der Waals surface area (Å²) >= 11 is 0. The summed E-state index contributed by atoms with van der Waals surface area (Å²) in [6.07, 6.45) is 3.77. The third-order valence-corrected chi connectivity index (χ3v) is 5.36. The van der Waals surface area contributed by atoms with Crippen LogP contribution in [0.3, 0.4) is 0 Å². The molecule has 0 unspecified atom stereocenters. The second-order valence-electron chi connectivity index (χ2n) is 7.98. The molecule has 4 rings (SSSR count). The van der Waals surface area contributed by atoms with Gasteiger partial charge >= 0.3 is 0 Å². The summed E-state index contributed by atoms with van der Waals surface area (Å²) in [7, 11) is 3.44. The lowest BCUT2D eigenvalue weighted by molar-refractivity contribution is 0.102. The maximum absolute atomic E-state index is 12.9. The van der Waals surface area contributed by atoms with Gasteiger partial charge in [0, 0.05) is 61.5 Å². The lowest BCUT2D eigenvalue weighted by atomic mass is 10.1. The van der Waals surface area contributed by atoms with Crippen molar-refractivity contribution in [3.63, 3.8) is 0 Å². The number of nitrogens with one attached hydrogen (secondary N) is 3. The van der Waals surface area contributed by atoms with Crippen LogP contribution >= 0.6 is 0 Å². The Labute approximate surface area is 203 Å². The van der Waals surface area contributed by atoms with E-state index in [0.717, 1.165) is 28.5 Å². The van der Waals surface area contributed by atoms with E-state index < -0.39 is 0 Å². The number of benzene rings is 1. The van der Waals surface area contributed by atoms with Crippen LogP contribution in [-0.4, -0.2) is 51.4 Å². The number of hydrogen-bond donors (Lipinski definition) is 3. The average molecular weight is 473 g/mol. The monoisotopic (exact) mass is 472 g/mol. The van der Waals surface area contributed by atoms with E-state index in [-0.39, 0.29) is 5.91 Å². The number of aryl methyl sites for hydroxylation is 2. The van der Waals surface area contributed by atoms with Gasteiger partial charge in [0.1, 0.15) is 18.0 Å². The van der Waals surface area contributed by atoms with E-state index in [1.54, 1.807) is 37.2 Å². The molecule has 0 aliphatic carbocycles. The number of rotatable bonds is 9. The molecule has 0 aliphatic rings. The molecule has 35 heavy (non-hydrogen) atoms. The van der Waals surface area contributed by atoms with Crippen molar-refractivity contribution in [2.24, 2.45) is 0 Å². The maximum atomic E-state index is 12.9. The van der Waals surface area contributed by atoms with Gasteiger partial charge in [-0.25, -0.2) is 9.97 Å². The topological polar surface area (TPSA) is 119 Å². The van der Waals surface area contributed by atoms with Gasteiger partial charge in [0.05, 0.1) is 12.3 Å². The van der Waals surface area contributed by atoms with Gasteiger partial charge in [-0.3, -0.25) is 9.78 Å². The van der Waals surface area contributed by atoms with Crippen molar-refractivity contribution in [2.75, 3.05) is 36.7 Å². The van der Waals surface area contributed by atoms with Crippen molar-refractivity contribution in [1.82, 2.24) is 24.7 Å². The van der Waals surface area contributed by atoms with Crippen molar-refractivity contribution in [1.29, 1.82) is 0 Å². The van der Waals surface area contributed by atoms with Crippen LogP contribution < -0.4 is 16.0 Å². The molecule has 0 aliphatic heterocycles. The second-order valence-corrected chi connectivity index (χ2v) is 7.98. The molecule has 0 bridgehead atoms. The van der Waals surface area contributed by atoms with Gasteiger partial charge in [-0.1, -0.05) is 6.07 Å². The number of hydrogen-bond acceptors (Lipinski definition) is 8. The van der Waals surface area contributed by atoms with Gasteiger partial charge < -0.3 is 20.7 Å². The summed E-state index contributed by atoms with van der Waals surface area (Å²) in [6, 6.07) is 12.9. The first-order chi connectivity index (χ1) is 17.0. The summed E-state index contributed by atoms with van der Waals surface area (Å²) in [6.45, 7) is 4.46. The highest BCUT2D eigenvalue weighted by Gasteiger charge is 2.13. The maximum Gasteiger partial charge on any atom is 0.255 e. The Morgan fingerprint density at radius 3 is 2.71 bits per heavy atom. The molecule has 0 radical (unpaired) electrons. The van der Waals surface area contributed by atoms with Gasteiger partial charge in [-0.05, 0) is 43.7 Å². The minimum Gasteiger partial charge on any atom is -0.384 e. The Hall–Kier alpha value is -4.31. The fraction of sp³-hybridized carbons (Fsp3) is 0.240. The Bertz CT molecular complexity index is 1330. The fourth-order valence-electron chi connectivity index (χ4n) is 3.50. The number of anilines is 4. The number of carbonyl (C=O) groups excluding carboxylic acids is 1. The third kappa shape index (κ3) is 5.79. The minimum atomic E-state index is -0.206. The number of pyridine rings is 1. The molecule has 10 nitrogen and oxygen atoms in total. The largest absolute Gasteiger partial charge is 0.384 e. The first-order valence-electron chi connectivity index (χ1n) is 11.2. The number of ether oxygens (including phenoxy) is 1. The van der Waals surface area contributed by atoms with Crippen molar-refractivity contribution in [3.05, 3.63) is 77.5 Å². The SMILES string of the molecule is CNc1cc(-n2nc(C)cc2Nc2cc(NC(=O)c3ccnc(CCOC)c3)ccc2C)ncn1. The van der Waals surface area contributed by atoms with Crippen LogP contribution in [0.25, 0.3) is 5.82 Å². The Kier molecular flexibility index (Phi) is 7.32. The average Bonchev–Trinajstić information content (AvgIpc) is 3.24. The first kappa shape index (κ1) is 23.8.